The van der Waals surface area contributed by atoms with Crippen LogP contribution in [0.25, 0.3) is 0 Å². The van der Waals surface area contributed by atoms with E-state index in [1.54, 1.807) is 12.1 Å². The summed E-state index contributed by atoms with van der Waals surface area (Å²) in [6, 6.07) is 3.49. The van der Waals surface area contributed by atoms with Gasteiger partial charge in [-0.15, -0.1) is 24.8 Å². The Hall–Kier alpha value is -0.840. The van der Waals surface area contributed by atoms with Gasteiger partial charge in [-0.3, -0.25) is 4.98 Å². The average Bonchev–Trinajstić information content (AvgIpc) is 2.18. The standard InChI is InChI=1S/C9H12N2O2.2ClH/c1-10-6-8-4-3-7(5-11-8)9(12)13-2;;/h3-5,10H,6H2,1-2H3;2*1H. The second-order valence-electron chi connectivity index (χ2n) is 2.56. The fourth-order valence-electron chi connectivity index (χ4n) is 0.949. The van der Waals surface area contributed by atoms with Crippen molar-refractivity contribution in [2.75, 3.05) is 14.2 Å². The van der Waals surface area contributed by atoms with E-state index in [4.69, 9.17) is 0 Å². The van der Waals surface area contributed by atoms with Gasteiger partial charge in [-0.1, -0.05) is 0 Å². The van der Waals surface area contributed by atoms with E-state index < -0.39 is 0 Å². The minimum Gasteiger partial charge on any atom is -0.465 e. The van der Waals surface area contributed by atoms with Crippen LogP contribution in [0.2, 0.25) is 0 Å². The monoisotopic (exact) mass is 252 g/mol. The van der Waals surface area contributed by atoms with E-state index in [-0.39, 0.29) is 30.8 Å². The second-order valence-corrected chi connectivity index (χ2v) is 2.56. The molecular weight excluding hydrogens is 239 g/mol. The van der Waals surface area contributed by atoms with Gasteiger partial charge in [0.25, 0.3) is 0 Å². The number of nitrogens with zero attached hydrogens (tertiary/aromatic N) is 1. The highest BCUT2D eigenvalue weighted by Crippen LogP contribution is 2.01. The third-order valence-corrected chi connectivity index (χ3v) is 1.60. The van der Waals surface area contributed by atoms with Crippen LogP contribution in [0, 0.1) is 0 Å². The molecule has 0 fully saturated rings. The summed E-state index contributed by atoms with van der Waals surface area (Å²) in [6.45, 7) is 0.696. The molecule has 0 aliphatic rings. The Bertz CT molecular complexity index is 291. The van der Waals surface area contributed by atoms with Crippen LogP contribution in [-0.2, 0) is 11.3 Å². The predicted octanol–water partition coefficient (Wildman–Crippen LogP) is 1.43. The maximum absolute atomic E-state index is 11.0. The normalized spacial score (nSPS) is 8.40. The highest BCUT2D eigenvalue weighted by molar-refractivity contribution is 5.88. The smallest absolute Gasteiger partial charge is 0.339 e. The summed E-state index contributed by atoms with van der Waals surface area (Å²) < 4.78 is 4.54. The van der Waals surface area contributed by atoms with Crippen molar-refractivity contribution < 1.29 is 9.53 Å². The van der Waals surface area contributed by atoms with Crippen molar-refractivity contribution >= 4 is 30.8 Å². The van der Waals surface area contributed by atoms with E-state index in [1.165, 1.54) is 13.3 Å². The zero-order chi connectivity index (χ0) is 9.68. The number of carbonyl (C=O) groups is 1. The molecule has 0 atom stereocenters. The minimum absolute atomic E-state index is 0. The van der Waals surface area contributed by atoms with Gasteiger partial charge in [-0.2, -0.15) is 0 Å². The van der Waals surface area contributed by atoms with Gasteiger partial charge in [0, 0.05) is 12.7 Å². The molecule has 0 radical (unpaired) electrons. The number of hydrogen-bond donors (Lipinski definition) is 1. The van der Waals surface area contributed by atoms with Crippen LogP contribution in [0.4, 0.5) is 0 Å². The van der Waals surface area contributed by atoms with Crippen molar-refractivity contribution in [3.63, 3.8) is 0 Å². The summed E-state index contributed by atoms with van der Waals surface area (Å²) >= 11 is 0. The summed E-state index contributed by atoms with van der Waals surface area (Å²) in [5.41, 5.74) is 1.37. The Morgan fingerprint density at radius 3 is 2.53 bits per heavy atom. The van der Waals surface area contributed by atoms with Crippen molar-refractivity contribution in [1.82, 2.24) is 10.3 Å². The average molecular weight is 253 g/mol. The molecule has 0 amide bonds. The maximum atomic E-state index is 11.0. The van der Waals surface area contributed by atoms with Crippen LogP contribution < -0.4 is 5.32 Å². The number of hydrogen-bond acceptors (Lipinski definition) is 4. The first kappa shape index (κ1) is 16.6. The van der Waals surface area contributed by atoms with Crippen LogP contribution in [0.5, 0.6) is 0 Å². The predicted molar refractivity (Wildman–Crippen MR) is 62.8 cm³/mol. The Labute approximate surface area is 101 Å². The van der Waals surface area contributed by atoms with Crippen LogP contribution >= 0.6 is 24.8 Å². The Morgan fingerprint density at radius 1 is 1.47 bits per heavy atom. The molecule has 0 saturated carbocycles. The van der Waals surface area contributed by atoms with Crippen molar-refractivity contribution in [1.29, 1.82) is 0 Å². The summed E-state index contributed by atoms with van der Waals surface area (Å²) in [4.78, 5) is 15.1. The lowest BCUT2D eigenvalue weighted by atomic mass is 10.2. The lowest BCUT2D eigenvalue weighted by Crippen LogP contribution is -2.08. The van der Waals surface area contributed by atoms with Gasteiger partial charge >= 0.3 is 5.97 Å². The lowest BCUT2D eigenvalue weighted by Gasteiger charge is -2.00. The first-order valence-electron chi connectivity index (χ1n) is 3.95. The Morgan fingerprint density at radius 2 is 2.13 bits per heavy atom. The number of nitrogens with one attached hydrogen (secondary N) is 1. The van der Waals surface area contributed by atoms with Gasteiger partial charge in [0.1, 0.15) is 0 Å². The molecule has 1 rings (SSSR count). The topological polar surface area (TPSA) is 51.2 Å². The van der Waals surface area contributed by atoms with E-state index in [9.17, 15) is 4.79 Å². The Balaban J connectivity index is 0. The number of pyridine rings is 1. The molecule has 0 saturated heterocycles. The van der Waals surface area contributed by atoms with Gasteiger partial charge < -0.3 is 10.1 Å². The fraction of sp³-hybridized carbons (Fsp3) is 0.333. The molecule has 1 aromatic heterocycles. The summed E-state index contributed by atoms with van der Waals surface area (Å²) in [5.74, 6) is -0.358. The highest BCUT2D eigenvalue weighted by atomic mass is 35.5. The quantitative estimate of drug-likeness (QED) is 0.828. The molecule has 0 aromatic carbocycles. The van der Waals surface area contributed by atoms with Gasteiger partial charge in [-0.05, 0) is 19.2 Å². The fourth-order valence-corrected chi connectivity index (χ4v) is 0.949. The zero-order valence-electron chi connectivity index (χ0n) is 8.52. The molecule has 0 unspecified atom stereocenters. The molecule has 1 heterocycles. The SMILES string of the molecule is CNCc1ccc(C(=O)OC)cn1.Cl.Cl. The number of ether oxygens (including phenoxy) is 1. The van der Waals surface area contributed by atoms with Gasteiger partial charge in [-0.25, -0.2) is 4.79 Å². The highest BCUT2D eigenvalue weighted by Gasteiger charge is 2.04. The number of aromatic nitrogens is 1. The summed E-state index contributed by atoms with van der Waals surface area (Å²) in [6.07, 6.45) is 1.51. The lowest BCUT2D eigenvalue weighted by molar-refractivity contribution is 0.0600. The molecule has 6 heteroatoms. The first-order valence-corrected chi connectivity index (χ1v) is 3.95. The first-order chi connectivity index (χ1) is 6.27. The number of methoxy groups -OCH3 is 1. The molecule has 15 heavy (non-hydrogen) atoms. The number of carbonyl (C=O) groups excluding carboxylic acids is 1. The van der Waals surface area contributed by atoms with E-state index in [0.717, 1.165) is 5.69 Å². The summed E-state index contributed by atoms with van der Waals surface area (Å²) in [7, 11) is 3.19. The van der Waals surface area contributed by atoms with Crippen molar-refractivity contribution in [3.05, 3.63) is 29.6 Å². The van der Waals surface area contributed by atoms with Gasteiger partial charge in [0.15, 0.2) is 0 Å². The van der Waals surface area contributed by atoms with Crippen LogP contribution in [0.3, 0.4) is 0 Å². The van der Waals surface area contributed by atoms with Crippen LogP contribution in [0.15, 0.2) is 18.3 Å². The number of esters is 1. The largest absolute Gasteiger partial charge is 0.465 e. The molecule has 1 aromatic rings. The third-order valence-electron chi connectivity index (χ3n) is 1.60. The Kier molecular flexibility index (Phi) is 9.36. The van der Waals surface area contributed by atoms with Gasteiger partial charge in [0.2, 0.25) is 0 Å². The molecule has 1 N–H and O–H groups in total. The van der Waals surface area contributed by atoms with E-state index in [0.29, 0.717) is 12.1 Å². The molecule has 0 aliphatic heterocycles. The van der Waals surface area contributed by atoms with Crippen molar-refractivity contribution in [3.8, 4) is 0 Å². The molecular formula is C9H14Cl2N2O2. The second kappa shape index (κ2) is 8.47. The van der Waals surface area contributed by atoms with E-state index in [1.807, 2.05) is 7.05 Å². The molecule has 0 spiro atoms. The molecule has 4 nitrogen and oxygen atoms in total. The molecule has 0 bridgehead atoms. The van der Waals surface area contributed by atoms with Crippen LogP contribution in [-0.4, -0.2) is 25.1 Å². The van der Waals surface area contributed by atoms with Crippen LogP contribution in [0.1, 0.15) is 16.1 Å². The van der Waals surface area contributed by atoms with Crippen molar-refractivity contribution in [2.24, 2.45) is 0 Å². The minimum atomic E-state index is -0.358. The maximum Gasteiger partial charge on any atom is 0.339 e. The summed E-state index contributed by atoms with van der Waals surface area (Å²) in [5, 5.41) is 2.97. The number of halogens is 2. The van der Waals surface area contributed by atoms with E-state index >= 15 is 0 Å². The van der Waals surface area contributed by atoms with E-state index in [2.05, 4.69) is 15.0 Å². The molecule has 86 valence electrons. The zero-order valence-corrected chi connectivity index (χ0v) is 10.2. The van der Waals surface area contributed by atoms with Crippen molar-refractivity contribution in [2.45, 2.75) is 6.54 Å². The molecule has 0 aliphatic carbocycles. The van der Waals surface area contributed by atoms with Gasteiger partial charge in [0.05, 0.1) is 18.4 Å². The third kappa shape index (κ3) is 4.97. The number of rotatable bonds is 3.